The molecule has 0 saturated heterocycles. The molecule has 2 aromatic rings. The fraction of sp³-hybridized carbons (Fsp3) is 0.294. The van der Waals surface area contributed by atoms with E-state index in [4.69, 9.17) is 11.6 Å². The number of benzene rings is 2. The first kappa shape index (κ1) is 16.0. The fourth-order valence-electron chi connectivity index (χ4n) is 2.25. The summed E-state index contributed by atoms with van der Waals surface area (Å²) < 4.78 is 13.8. The Kier molecular flexibility index (Phi) is 5.74. The summed E-state index contributed by atoms with van der Waals surface area (Å²) in [5, 5.41) is 3.96. The van der Waals surface area contributed by atoms with Crippen molar-refractivity contribution in [1.82, 2.24) is 10.2 Å². The molecular formula is C17H20ClFN2. The van der Waals surface area contributed by atoms with Gasteiger partial charge < -0.3 is 10.2 Å². The monoisotopic (exact) mass is 306 g/mol. The molecule has 0 aliphatic rings. The van der Waals surface area contributed by atoms with Crippen molar-refractivity contribution in [1.29, 1.82) is 0 Å². The van der Waals surface area contributed by atoms with Crippen LogP contribution in [0.25, 0.3) is 0 Å². The van der Waals surface area contributed by atoms with Crippen molar-refractivity contribution in [3.8, 4) is 0 Å². The van der Waals surface area contributed by atoms with Gasteiger partial charge in [0, 0.05) is 29.7 Å². The highest BCUT2D eigenvalue weighted by atomic mass is 35.5. The van der Waals surface area contributed by atoms with E-state index in [1.54, 1.807) is 12.1 Å². The van der Waals surface area contributed by atoms with Crippen LogP contribution in [0.15, 0.2) is 48.5 Å². The Balaban J connectivity index is 2.10. The average molecular weight is 307 g/mol. The fourth-order valence-corrected chi connectivity index (χ4v) is 2.44. The maximum absolute atomic E-state index is 13.8. The lowest BCUT2D eigenvalue weighted by molar-refractivity contribution is 0.339. The van der Waals surface area contributed by atoms with Gasteiger partial charge in [-0.25, -0.2) is 4.39 Å². The lowest BCUT2D eigenvalue weighted by atomic mass is 10.1. The van der Waals surface area contributed by atoms with E-state index in [2.05, 4.69) is 22.3 Å². The van der Waals surface area contributed by atoms with Gasteiger partial charge in [-0.05, 0) is 37.9 Å². The molecule has 2 rings (SSSR count). The zero-order valence-electron chi connectivity index (χ0n) is 12.3. The van der Waals surface area contributed by atoms with E-state index in [0.717, 1.165) is 6.54 Å². The van der Waals surface area contributed by atoms with E-state index in [9.17, 15) is 4.39 Å². The number of rotatable bonds is 6. The molecule has 0 amide bonds. The molecular weight excluding hydrogens is 287 g/mol. The number of nitrogens with one attached hydrogen (secondary N) is 1. The van der Waals surface area contributed by atoms with Crippen molar-refractivity contribution < 1.29 is 4.39 Å². The third kappa shape index (κ3) is 4.81. The second kappa shape index (κ2) is 7.55. The van der Waals surface area contributed by atoms with Crippen molar-refractivity contribution >= 4 is 11.6 Å². The van der Waals surface area contributed by atoms with Gasteiger partial charge in [0.25, 0.3) is 0 Å². The van der Waals surface area contributed by atoms with Crippen LogP contribution in [-0.2, 0) is 6.54 Å². The lowest BCUT2D eigenvalue weighted by Crippen LogP contribution is -2.31. The Morgan fingerprint density at radius 1 is 1.14 bits per heavy atom. The van der Waals surface area contributed by atoms with Crippen LogP contribution in [0.1, 0.15) is 17.2 Å². The third-order valence-corrected chi connectivity index (χ3v) is 3.53. The second-order valence-electron chi connectivity index (χ2n) is 5.34. The predicted octanol–water partition coefficient (Wildman–Crippen LogP) is 3.87. The van der Waals surface area contributed by atoms with Gasteiger partial charge >= 0.3 is 0 Å². The van der Waals surface area contributed by atoms with Gasteiger partial charge in [0.2, 0.25) is 0 Å². The van der Waals surface area contributed by atoms with Crippen LogP contribution in [-0.4, -0.2) is 25.5 Å². The molecule has 0 aliphatic carbocycles. The molecule has 2 nitrogen and oxygen atoms in total. The molecule has 1 N–H and O–H groups in total. The largest absolute Gasteiger partial charge is 0.308 e. The quantitative estimate of drug-likeness (QED) is 0.871. The summed E-state index contributed by atoms with van der Waals surface area (Å²) in [5.41, 5.74) is 1.77. The van der Waals surface area contributed by atoms with Crippen molar-refractivity contribution in [3.63, 3.8) is 0 Å². The maximum Gasteiger partial charge on any atom is 0.127 e. The Labute approximate surface area is 130 Å². The first-order valence-corrected chi connectivity index (χ1v) is 7.31. The molecule has 4 heteroatoms. The first-order valence-electron chi connectivity index (χ1n) is 6.93. The van der Waals surface area contributed by atoms with E-state index < -0.39 is 0 Å². The Morgan fingerprint density at radius 2 is 1.86 bits per heavy atom. The van der Waals surface area contributed by atoms with E-state index in [1.807, 2.05) is 32.3 Å². The van der Waals surface area contributed by atoms with Gasteiger partial charge in [-0.2, -0.15) is 0 Å². The molecule has 21 heavy (non-hydrogen) atoms. The smallest absolute Gasteiger partial charge is 0.127 e. The van der Waals surface area contributed by atoms with Crippen molar-refractivity contribution in [2.75, 3.05) is 20.6 Å². The van der Waals surface area contributed by atoms with E-state index >= 15 is 0 Å². The van der Waals surface area contributed by atoms with Crippen LogP contribution < -0.4 is 5.32 Å². The SMILES string of the molecule is CN(C)CC(NCc1cc(Cl)ccc1F)c1ccccc1. The average Bonchev–Trinajstić information content (AvgIpc) is 2.47. The molecule has 0 fully saturated rings. The molecule has 1 unspecified atom stereocenters. The minimum Gasteiger partial charge on any atom is -0.308 e. The zero-order chi connectivity index (χ0) is 15.2. The number of nitrogens with zero attached hydrogens (tertiary/aromatic N) is 1. The minimum absolute atomic E-state index is 0.139. The van der Waals surface area contributed by atoms with E-state index in [0.29, 0.717) is 17.1 Å². The van der Waals surface area contributed by atoms with Crippen molar-refractivity contribution in [2.45, 2.75) is 12.6 Å². The highest BCUT2D eigenvalue weighted by Gasteiger charge is 2.13. The van der Waals surface area contributed by atoms with Crippen LogP contribution >= 0.6 is 11.6 Å². The Bertz CT molecular complexity index is 572. The van der Waals surface area contributed by atoms with Crippen LogP contribution in [0.2, 0.25) is 5.02 Å². The number of halogens is 2. The summed E-state index contributed by atoms with van der Waals surface area (Å²) in [6.07, 6.45) is 0. The molecule has 0 spiro atoms. The van der Waals surface area contributed by atoms with Crippen LogP contribution in [0.3, 0.4) is 0 Å². The molecule has 0 bridgehead atoms. The van der Waals surface area contributed by atoms with Crippen LogP contribution in [0.4, 0.5) is 4.39 Å². The minimum atomic E-state index is -0.233. The van der Waals surface area contributed by atoms with Crippen molar-refractivity contribution in [3.05, 3.63) is 70.5 Å². The van der Waals surface area contributed by atoms with Gasteiger partial charge in [0.15, 0.2) is 0 Å². The molecule has 0 heterocycles. The van der Waals surface area contributed by atoms with Crippen LogP contribution in [0, 0.1) is 5.82 Å². The molecule has 0 radical (unpaired) electrons. The topological polar surface area (TPSA) is 15.3 Å². The molecule has 0 saturated carbocycles. The maximum atomic E-state index is 13.8. The molecule has 112 valence electrons. The van der Waals surface area contributed by atoms with Crippen molar-refractivity contribution in [2.24, 2.45) is 0 Å². The summed E-state index contributed by atoms with van der Waals surface area (Å²) in [6, 6.07) is 15.0. The third-order valence-electron chi connectivity index (χ3n) is 3.30. The van der Waals surface area contributed by atoms with Gasteiger partial charge in [-0.15, -0.1) is 0 Å². The summed E-state index contributed by atoms with van der Waals surface area (Å²) in [4.78, 5) is 2.11. The highest BCUT2D eigenvalue weighted by Crippen LogP contribution is 2.18. The van der Waals surface area contributed by atoms with Gasteiger partial charge in [-0.3, -0.25) is 0 Å². The second-order valence-corrected chi connectivity index (χ2v) is 5.78. The summed E-state index contributed by atoms with van der Waals surface area (Å²) in [7, 11) is 4.05. The summed E-state index contributed by atoms with van der Waals surface area (Å²) in [5.74, 6) is -0.233. The van der Waals surface area contributed by atoms with Gasteiger partial charge in [0.05, 0.1) is 0 Å². The summed E-state index contributed by atoms with van der Waals surface area (Å²) >= 11 is 5.93. The number of likely N-dealkylation sites (N-methyl/N-ethyl adjacent to an activating group) is 1. The molecule has 2 aromatic carbocycles. The Morgan fingerprint density at radius 3 is 2.52 bits per heavy atom. The van der Waals surface area contributed by atoms with E-state index in [1.165, 1.54) is 11.6 Å². The highest BCUT2D eigenvalue weighted by molar-refractivity contribution is 6.30. The normalized spacial score (nSPS) is 12.6. The first-order chi connectivity index (χ1) is 10.1. The number of hydrogen-bond acceptors (Lipinski definition) is 2. The lowest BCUT2D eigenvalue weighted by Gasteiger charge is -2.23. The predicted molar refractivity (Wildman–Crippen MR) is 86.0 cm³/mol. The van der Waals surface area contributed by atoms with Gasteiger partial charge in [0.1, 0.15) is 5.82 Å². The number of hydrogen-bond donors (Lipinski definition) is 1. The Hall–Kier alpha value is -1.42. The zero-order valence-corrected chi connectivity index (χ0v) is 13.1. The van der Waals surface area contributed by atoms with E-state index in [-0.39, 0.29) is 11.9 Å². The van der Waals surface area contributed by atoms with Gasteiger partial charge in [-0.1, -0.05) is 41.9 Å². The standard InChI is InChI=1S/C17H20ClFN2/c1-21(2)12-17(13-6-4-3-5-7-13)20-11-14-10-15(18)8-9-16(14)19/h3-10,17,20H,11-12H2,1-2H3. The summed E-state index contributed by atoms with van der Waals surface area (Å²) in [6.45, 7) is 1.28. The molecule has 0 aliphatic heterocycles. The molecule has 0 aromatic heterocycles. The molecule has 1 atom stereocenters. The van der Waals surface area contributed by atoms with Crippen LogP contribution in [0.5, 0.6) is 0 Å².